The molecular formula is C38H41NO8S. The molecule has 252 valence electrons. The van der Waals surface area contributed by atoms with Crippen molar-refractivity contribution in [3.05, 3.63) is 119 Å². The summed E-state index contributed by atoms with van der Waals surface area (Å²) in [6, 6.07) is 27.8. The van der Waals surface area contributed by atoms with Crippen LogP contribution in [0.4, 0.5) is 0 Å². The van der Waals surface area contributed by atoms with Gasteiger partial charge in [0.2, 0.25) is 5.91 Å². The van der Waals surface area contributed by atoms with Gasteiger partial charge in [0.05, 0.1) is 20.1 Å². The van der Waals surface area contributed by atoms with Gasteiger partial charge in [-0.05, 0) is 64.6 Å². The summed E-state index contributed by atoms with van der Waals surface area (Å²) in [5.41, 5.74) is 3.30. The minimum Gasteiger partial charge on any atom is -0.508 e. The van der Waals surface area contributed by atoms with E-state index in [2.05, 4.69) is 5.32 Å². The van der Waals surface area contributed by atoms with Crippen molar-refractivity contribution in [2.75, 3.05) is 20.0 Å². The zero-order chi connectivity index (χ0) is 34.5. The highest BCUT2D eigenvalue weighted by Crippen LogP contribution is 2.35. The normalized spacial score (nSPS) is 12.7. The highest BCUT2D eigenvalue weighted by molar-refractivity contribution is 8.13. The van der Waals surface area contributed by atoms with Gasteiger partial charge in [-0.15, -0.1) is 0 Å². The van der Waals surface area contributed by atoms with Crippen LogP contribution in [0.5, 0.6) is 23.0 Å². The van der Waals surface area contributed by atoms with Gasteiger partial charge in [-0.3, -0.25) is 9.59 Å². The van der Waals surface area contributed by atoms with Crippen LogP contribution >= 0.6 is 11.8 Å². The van der Waals surface area contributed by atoms with Crippen LogP contribution in [0.3, 0.4) is 0 Å². The number of nitrogens with one attached hydrogen (secondary N) is 1. The highest BCUT2D eigenvalue weighted by atomic mass is 32.2. The molecule has 0 bridgehead atoms. The fourth-order valence-corrected chi connectivity index (χ4v) is 5.88. The number of amides is 1. The fraction of sp³-hybridized carbons (Fsp3) is 0.289. The topological polar surface area (TPSA) is 120 Å². The average Bonchev–Trinajstić information content (AvgIpc) is 3.10. The summed E-state index contributed by atoms with van der Waals surface area (Å²) in [4.78, 5) is 39.4. The molecule has 0 aromatic heterocycles. The zero-order valence-corrected chi connectivity index (χ0v) is 28.3. The molecule has 0 aliphatic carbocycles. The Hall–Kier alpha value is -4.96. The number of rotatable bonds is 16. The van der Waals surface area contributed by atoms with Crippen molar-refractivity contribution in [2.45, 2.75) is 45.4 Å². The summed E-state index contributed by atoms with van der Waals surface area (Å²) in [5.74, 6) is 0.0576. The number of aromatic hydroxyl groups is 1. The minimum absolute atomic E-state index is 0.0499. The summed E-state index contributed by atoms with van der Waals surface area (Å²) in [5, 5.41) is 12.5. The van der Waals surface area contributed by atoms with E-state index in [0.717, 1.165) is 39.8 Å². The minimum atomic E-state index is -1.01. The summed E-state index contributed by atoms with van der Waals surface area (Å²) < 4.78 is 22.5. The third-order valence-electron chi connectivity index (χ3n) is 7.87. The molecule has 2 N–H and O–H groups in total. The van der Waals surface area contributed by atoms with Crippen LogP contribution in [0, 0.1) is 5.92 Å². The van der Waals surface area contributed by atoms with E-state index in [1.54, 1.807) is 32.4 Å². The molecular weight excluding hydrogens is 630 g/mol. The zero-order valence-electron chi connectivity index (χ0n) is 27.5. The lowest BCUT2D eigenvalue weighted by molar-refractivity contribution is -0.149. The third-order valence-corrected chi connectivity index (χ3v) is 8.81. The highest BCUT2D eigenvalue weighted by Gasteiger charge is 2.32. The maximum atomic E-state index is 14.0. The molecule has 4 aromatic carbocycles. The van der Waals surface area contributed by atoms with Gasteiger partial charge in [0.25, 0.3) is 0 Å². The number of carbonyl (C=O) groups is 3. The lowest BCUT2D eigenvalue weighted by Gasteiger charge is -2.26. The van der Waals surface area contributed by atoms with E-state index >= 15 is 0 Å². The van der Waals surface area contributed by atoms with Crippen molar-refractivity contribution in [2.24, 2.45) is 5.92 Å². The second-order valence-electron chi connectivity index (χ2n) is 11.3. The van der Waals surface area contributed by atoms with Crippen LogP contribution in [0.2, 0.25) is 0 Å². The summed E-state index contributed by atoms with van der Waals surface area (Å²) in [6.45, 7) is 3.73. The number of hydrogen-bond acceptors (Lipinski definition) is 9. The average molecular weight is 672 g/mol. The Kier molecular flexibility index (Phi) is 13.3. The molecule has 0 radical (unpaired) electrons. The lowest BCUT2D eigenvalue weighted by atomic mass is 9.87. The maximum Gasteiger partial charge on any atom is 0.329 e. The smallest absolute Gasteiger partial charge is 0.329 e. The molecule has 0 heterocycles. The number of esters is 1. The first kappa shape index (κ1) is 35.9. The van der Waals surface area contributed by atoms with Crippen LogP contribution in [0.1, 0.15) is 42.0 Å². The van der Waals surface area contributed by atoms with Crippen LogP contribution in [-0.4, -0.2) is 48.1 Å². The van der Waals surface area contributed by atoms with Crippen LogP contribution in [0.15, 0.2) is 97.1 Å². The van der Waals surface area contributed by atoms with Gasteiger partial charge in [0.1, 0.15) is 30.8 Å². The van der Waals surface area contributed by atoms with Crippen LogP contribution in [-0.2, 0) is 38.8 Å². The van der Waals surface area contributed by atoms with Gasteiger partial charge < -0.3 is 29.4 Å². The van der Waals surface area contributed by atoms with E-state index in [-0.39, 0.29) is 35.6 Å². The second kappa shape index (κ2) is 17.8. The van der Waals surface area contributed by atoms with Crippen molar-refractivity contribution in [1.82, 2.24) is 5.32 Å². The number of thioether (sulfide) groups is 1. The molecule has 9 nitrogen and oxygen atoms in total. The van der Waals surface area contributed by atoms with E-state index in [4.69, 9.17) is 18.9 Å². The SMILES string of the molecule is COc1ccc(COc2ccc(C(C)C(CSC(C)=O)C(=O)N[C@@H](Cc3ccc(O)cc3)C(=O)OCc3ccccc3)cc2OC)cc1. The Bertz CT molecular complexity index is 1640. The molecule has 0 fully saturated rings. The predicted octanol–water partition coefficient (Wildman–Crippen LogP) is 6.46. The van der Waals surface area contributed by atoms with E-state index in [1.807, 2.05) is 73.7 Å². The number of phenols is 1. The summed E-state index contributed by atoms with van der Waals surface area (Å²) in [7, 11) is 3.16. The Balaban J connectivity index is 1.53. The Morgan fingerprint density at radius 3 is 2.10 bits per heavy atom. The van der Waals surface area contributed by atoms with Gasteiger partial charge in [-0.25, -0.2) is 4.79 Å². The van der Waals surface area contributed by atoms with Crippen molar-refractivity contribution in [3.63, 3.8) is 0 Å². The summed E-state index contributed by atoms with van der Waals surface area (Å²) in [6.07, 6.45) is 0.147. The Morgan fingerprint density at radius 2 is 1.46 bits per heavy atom. The third kappa shape index (κ3) is 10.5. The first-order valence-corrected chi connectivity index (χ1v) is 16.5. The Morgan fingerprint density at radius 1 is 0.792 bits per heavy atom. The fourth-order valence-electron chi connectivity index (χ4n) is 5.03. The van der Waals surface area contributed by atoms with Gasteiger partial charge in [0.15, 0.2) is 16.6 Å². The van der Waals surface area contributed by atoms with Crippen LogP contribution < -0.4 is 19.5 Å². The van der Waals surface area contributed by atoms with Crippen molar-refractivity contribution < 1.29 is 38.4 Å². The quantitative estimate of drug-likeness (QED) is 0.129. The number of benzene rings is 4. The van der Waals surface area contributed by atoms with Gasteiger partial charge in [-0.2, -0.15) is 0 Å². The van der Waals surface area contributed by atoms with Crippen molar-refractivity contribution >= 4 is 28.8 Å². The standard InChI is InChI=1S/C38H41NO8S/c1-25(30-14-19-35(36(21-30)45-4)46-22-29-12-17-32(44-3)18-13-29)33(24-48-26(2)40)37(42)39-34(20-27-10-15-31(41)16-11-27)38(43)47-23-28-8-6-5-7-9-28/h5-19,21,25,33-34,41H,20,22-24H2,1-4H3,(H,39,42)/t25?,33?,34-/m0/s1. The molecule has 3 atom stereocenters. The largest absolute Gasteiger partial charge is 0.508 e. The van der Waals surface area contributed by atoms with Gasteiger partial charge in [0, 0.05) is 19.1 Å². The lowest BCUT2D eigenvalue weighted by Crippen LogP contribution is -2.47. The molecule has 0 saturated heterocycles. The van der Waals surface area contributed by atoms with E-state index in [9.17, 15) is 19.5 Å². The Labute approximate surface area is 285 Å². The first-order chi connectivity index (χ1) is 23.2. The molecule has 1 amide bonds. The molecule has 10 heteroatoms. The number of ether oxygens (including phenoxy) is 4. The van der Waals surface area contributed by atoms with E-state index < -0.39 is 23.8 Å². The molecule has 0 aliphatic rings. The maximum absolute atomic E-state index is 14.0. The molecule has 0 aliphatic heterocycles. The number of phenolic OH excluding ortho intramolecular Hbond substituents is 1. The van der Waals surface area contributed by atoms with Crippen LogP contribution in [0.25, 0.3) is 0 Å². The second-order valence-corrected chi connectivity index (χ2v) is 12.5. The molecule has 4 rings (SSSR count). The number of carbonyl (C=O) groups excluding carboxylic acids is 3. The van der Waals surface area contributed by atoms with Gasteiger partial charge >= 0.3 is 5.97 Å². The van der Waals surface area contributed by atoms with Gasteiger partial charge in [-0.1, -0.05) is 79.3 Å². The first-order valence-electron chi connectivity index (χ1n) is 15.5. The van der Waals surface area contributed by atoms with E-state index in [0.29, 0.717) is 18.1 Å². The van der Waals surface area contributed by atoms with Crippen molar-refractivity contribution in [1.29, 1.82) is 0 Å². The molecule has 0 saturated carbocycles. The summed E-state index contributed by atoms with van der Waals surface area (Å²) >= 11 is 1.05. The van der Waals surface area contributed by atoms with Crippen molar-refractivity contribution in [3.8, 4) is 23.0 Å². The molecule has 4 aromatic rings. The number of hydrogen-bond donors (Lipinski definition) is 2. The monoisotopic (exact) mass is 671 g/mol. The molecule has 48 heavy (non-hydrogen) atoms. The number of methoxy groups -OCH3 is 2. The predicted molar refractivity (Wildman–Crippen MR) is 185 cm³/mol. The molecule has 0 spiro atoms. The van der Waals surface area contributed by atoms with E-state index in [1.165, 1.54) is 19.1 Å². The molecule has 2 unspecified atom stereocenters.